The van der Waals surface area contributed by atoms with Gasteiger partial charge >= 0.3 is 6.09 Å². The van der Waals surface area contributed by atoms with E-state index in [1.165, 1.54) is 0 Å². The van der Waals surface area contributed by atoms with E-state index in [-0.39, 0.29) is 5.82 Å². The minimum atomic E-state index is -0.485. The zero-order chi connectivity index (χ0) is 27.9. The average Bonchev–Trinajstić information content (AvgIpc) is 2.92. The fraction of sp³-hybridized carbons (Fsp3) is 0.303. The summed E-state index contributed by atoms with van der Waals surface area (Å²) >= 11 is 0. The molecule has 3 aromatic rings. The maximum Gasteiger partial charge on any atom is 0.412 e. The molecule has 0 bridgehead atoms. The summed E-state index contributed by atoms with van der Waals surface area (Å²) in [6.45, 7) is 12.2. The molecule has 1 aliphatic heterocycles. The fourth-order valence-corrected chi connectivity index (χ4v) is 5.24. The number of nitrogens with zero attached hydrogens (tertiary/aromatic N) is 1. The lowest BCUT2D eigenvalue weighted by atomic mass is 9.91. The second-order valence-corrected chi connectivity index (χ2v) is 9.98. The molecular weight excluding hydrogens is 489 g/mol. The summed E-state index contributed by atoms with van der Waals surface area (Å²) in [5.74, 6) is 0.225. The van der Waals surface area contributed by atoms with Crippen LogP contribution in [0.25, 0.3) is 22.4 Å². The van der Waals surface area contributed by atoms with Gasteiger partial charge < -0.3 is 20.3 Å². The van der Waals surface area contributed by atoms with Crippen LogP contribution in [0.1, 0.15) is 42.0 Å². The first kappa shape index (κ1) is 28.1. The Kier molecular flexibility index (Phi) is 9.20. The number of nitrogens with one attached hydrogen (secondary N) is 2. The molecule has 0 radical (unpaired) electrons. The minimum absolute atomic E-state index is 0.264. The maximum atomic E-state index is 14.6. The van der Waals surface area contributed by atoms with Crippen molar-refractivity contribution in [1.29, 1.82) is 0 Å². The van der Waals surface area contributed by atoms with Gasteiger partial charge in [0.15, 0.2) is 0 Å². The molecule has 0 atom stereocenters. The quantitative estimate of drug-likeness (QED) is 0.246. The summed E-state index contributed by atoms with van der Waals surface area (Å²) in [7, 11) is 2.01. The molecule has 0 unspecified atom stereocenters. The Hall–Kier alpha value is -3.90. The van der Waals surface area contributed by atoms with Crippen LogP contribution in [0.4, 0.5) is 9.18 Å². The van der Waals surface area contributed by atoms with E-state index < -0.39 is 6.09 Å². The van der Waals surface area contributed by atoms with E-state index in [1.807, 2.05) is 57.3 Å². The fourth-order valence-electron chi connectivity index (χ4n) is 5.24. The Morgan fingerprint density at radius 1 is 1.10 bits per heavy atom. The number of aryl methyl sites for hydroxylation is 2. The van der Waals surface area contributed by atoms with E-state index in [2.05, 4.69) is 41.2 Å². The molecule has 1 heterocycles. The number of allylic oxidation sites excluding steroid dienone is 2. The molecule has 6 heteroatoms. The molecule has 39 heavy (non-hydrogen) atoms. The van der Waals surface area contributed by atoms with Gasteiger partial charge in [-0.3, -0.25) is 0 Å². The van der Waals surface area contributed by atoms with E-state index >= 15 is 0 Å². The summed E-state index contributed by atoms with van der Waals surface area (Å²) in [5, 5.41) is 6.10. The first-order chi connectivity index (χ1) is 18.8. The van der Waals surface area contributed by atoms with Crippen LogP contribution in [0.5, 0.6) is 5.75 Å². The Bertz CT molecular complexity index is 1350. The lowest BCUT2D eigenvalue weighted by Crippen LogP contribution is -2.40. The number of likely N-dealkylation sites (tertiary alicyclic amines) is 1. The molecule has 0 aromatic heterocycles. The van der Waals surface area contributed by atoms with Gasteiger partial charge in [0.2, 0.25) is 0 Å². The highest BCUT2D eigenvalue weighted by Crippen LogP contribution is 2.38. The van der Waals surface area contributed by atoms with Gasteiger partial charge in [0, 0.05) is 42.4 Å². The lowest BCUT2D eigenvalue weighted by molar-refractivity contribution is 0.201. The van der Waals surface area contributed by atoms with Gasteiger partial charge in [0.25, 0.3) is 0 Å². The number of amides is 1. The molecule has 2 N–H and O–H groups in total. The molecule has 1 aliphatic rings. The molecule has 1 amide bonds. The summed E-state index contributed by atoms with van der Waals surface area (Å²) in [6, 6.07) is 19.4. The second kappa shape index (κ2) is 12.8. The second-order valence-electron chi connectivity index (χ2n) is 9.98. The van der Waals surface area contributed by atoms with Crippen molar-refractivity contribution < 1.29 is 13.9 Å². The first-order valence-electron chi connectivity index (χ1n) is 13.6. The third-order valence-electron chi connectivity index (χ3n) is 7.25. The van der Waals surface area contributed by atoms with Crippen LogP contribution >= 0.6 is 0 Å². The van der Waals surface area contributed by atoms with Gasteiger partial charge in [-0.15, -0.1) is 0 Å². The minimum Gasteiger partial charge on any atom is -0.410 e. The zero-order valence-electron chi connectivity index (χ0n) is 23.3. The molecule has 1 fully saturated rings. The third-order valence-corrected chi connectivity index (χ3v) is 7.25. The number of carbonyl (C=O) groups is 1. The van der Waals surface area contributed by atoms with Crippen molar-refractivity contribution >= 4 is 17.4 Å². The standard InChI is InChI=1S/C33H38FN3O2/c1-6-28(25-18-22(3)19-26(34)20-25)32(37-16-14-27(35-5)15-17-37)30-21-24(13-12-23(30)4)29-10-8-9-11-31(29)39-33(38)36-7-2/h6,8-13,18-21,27,35H,1,7,14-17H2,2-5H3,(H,36,38)/b32-28-. The monoisotopic (exact) mass is 527 g/mol. The summed E-state index contributed by atoms with van der Waals surface area (Å²) < 4.78 is 20.2. The Morgan fingerprint density at radius 2 is 1.85 bits per heavy atom. The molecule has 3 aromatic carbocycles. The normalized spacial score (nSPS) is 14.5. The van der Waals surface area contributed by atoms with Crippen molar-refractivity contribution in [2.75, 3.05) is 26.7 Å². The highest BCUT2D eigenvalue weighted by Gasteiger charge is 2.25. The predicted molar refractivity (Wildman–Crippen MR) is 158 cm³/mol. The van der Waals surface area contributed by atoms with Crippen molar-refractivity contribution in [1.82, 2.24) is 15.5 Å². The largest absolute Gasteiger partial charge is 0.412 e. The maximum absolute atomic E-state index is 14.6. The van der Waals surface area contributed by atoms with E-state index in [0.29, 0.717) is 18.3 Å². The molecule has 0 spiro atoms. The average molecular weight is 528 g/mol. The van der Waals surface area contributed by atoms with Crippen LogP contribution in [0.2, 0.25) is 0 Å². The van der Waals surface area contributed by atoms with Crippen LogP contribution in [-0.4, -0.2) is 43.7 Å². The van der Waals surface area contributed by atoms with E-state index in [4.69, 9.17) is 4.74 Å². The van der Waals surface area contributed by atoms with Crippen LogP contribution in [0, 0.1) is 19.7 Å². The number of para-hydroxylation sites is 1. The summed E-state index contributed by atoms with van der Waals surface area (Å²) in [4.78, 5) is 14.6. The number of halogens is 1. The lowest BCUT2D eigenvalue weighted by Gasteiger charge is -2.37. The summed E-state index contributed by atoms with van der Waals surface area (Å²) in [6.07, 6.45) is 3.37. The van der Waals surface area contributed by atoms with Crippen molar-refractivity contribution in [3.63, 3.8) is 0 Å². The molecule has 204 valence electrons. The molecule has 5 nitrogen and oxygen atoms in total. The predicted octanol–water partition coefficient (Wildman–Crippen LogP) is 6.96. The van der Waals surface area contributed by atoms with Crippen LogP contribution in [0.3, 0.4) is 0 Å². The van der Waals surface area contributed by atoms with Gasteiger partial charge in [-0.2, -0.15) is 0 Å². The molecule has 0 aliphatic carbocycles. The van der Waals surface area contributed by atoms with Gasteiger partial charge in [0.1, 0.15) is 11.6 Å². The van der Waals surface area contributed by atoms with Crippen LogP contribution in [0.15, 0.2) is 73.3 Å². The van der Waals surface area contributed by atoms with Crippen molar-refractivity contribution in [3.8, 4) is 16.9 Å². The topological polar surface area (TPSA) is 53.6 Å². The molecule has 4 rings (SSSR count). The SMILES string of the molecule is C=C/C(=C(\c1cc(-c2ccccc2OC(=O)NCC)ccc1C)N1CCC(NC)CC1)c1cc(C)cc(F)c1. The Morgan fingerprint density at radius 3 is 2.51 bits per heavy atom. The summed E-state index contributed by atoms with van der Waals surface area (Å²) in [5.41, 5.74) is 7.48. The number of hydrogen-bond acceptors (Lipinski definition) is 4. The number of rotatable bonds is 8. The number of benzene rings is 3. The van der Waals surface area contributed by atoms with Gasteiger partial charge in [-0.1, -0.05) is 49.1 Å². The first-order valence-corrected chi connectivity index (χ1v) is 13.6. The highest BCUT2D eigenvalue weighted by atomic mass is 19.1. The van der Waals surface area contributed by atoms with Gasteiger partial charge in [-0.05, 0) is 87.2 Å². The van der Waals surface area contributed by atoms with Crippen LogP contribution < -0.4 is 15.4 Å². The van der Waals surface area contributed by atoms with Crippen molar-refractivity contribution in [2.45, 2.75) is 39.7 Å². The zero-order valence-corrected chi connectivity index (χ0v) is 23.3. The highest BCUT2D eigenvalue weighted by molar-refractivity contribution is 5.96. The van der Waals surface area contributed by atoms with E-state index in [9.17, 15) is 9.18 Å². The molecular formula is C33H38FN3O2. The number of piperidine rings is 1. The van der Waals surface area contributed by atoms with Gasteiger partial charge in [0.05, 0.1) is 5.70 Å². The number of ether oxygens (including phenoxy) is 1. The van der Waals surface area contributed by atoms with E-state index in [0.717, 1.165) is 70.6 Å². The Labute approximate surface area is 231 Å². The van der Waals surface area contributed by atoms with Crippen molar-refractivity contribution in [3.05, 3.63) is 101 Å². The third kappa shape index (κ3) is 6.58. The van der Waals surface area contributed by atoms with Crippen LogP contribution in [-0.2, 0) is 0 Å². The molecule has 0 saturated carbocycles. The smallest absolute Gasteiger partial charge is 0.410 e. The van der Waals surface area contributed by atoms with Gasteiger partial charge in [-0.25, -0.2) is 9.18 Å². The number of carbonyl (C=O) groups excluding carboxylic acids is 1. The number of hydrogen-bond donors (Lipinski definition) is 2. The Balaban J connectivity index is 1.89. The molecule has 1 saturated heterocycles. The van der Waals surface area contributed by atoms with E-state index in [1.54, 1.807) is 18.2 Å². The van der Waals surface area contributed by atoms with Crippen molar-refractivity contribution in [2.24, 2.45) is 0 Å².